The lowest BCUT2D eigenvalue weighted by Gasteiger charge is -2.29. The standard InChI is InChI=1S/C28H18BrCl2N3O3S/c1-2-6-17-11-16(13-21(29)25(17)37-15-19-8-4-3-7-18(19)14-32)12-20-26(35)33-28(38)34(27(20)36)23-10-5-9-22(30)24(23)31/h2-5,7-13H,1,6,15H2,(H,33,35,38)/b20-12+. The van der Waals surface area contributed by atoms with Gasteiger partial charge in [-0.05, 0) is 82.1 Å². The molecule has 0 radical (unpaired) electrons. The number of thiocarbonyl (C=S) groups is 1. The van der Waals surface area contributed by atoms with Gasteiger partial charge in [0.15, 0.2) is 5.11 Å². The van der Waals surface area contributed by atoms with Gasteiger partial charge in [-0.2, -0.15) is 5.26 Å². The van der Waals surface area contributed by atoms with E-state index < -0.39 is 11.8 Å². The molecule has 0 saturated carbocycles. The van der Waals surface area contributed by atoms with Crippen LogP contribution in [0.4, 0.5) is 5.69 Å². The van der Waals surface area contributed by atoms with E-state index in [0.717, 1.165) is 16.0 Å². The average molecular weight is 627 g/mol. The Labute approximate surface area is 243 Å². The Hall–Kier alpha value is -3.48. The summed E-state index contributed by atoms with van der Waals surface area (Å²) in [6.45, 7) is 4.00. The van der Waals surface area contributed by atoms with Crippen LogP contribution >= 0.6 is 51.3 Å². The Morgan fingerprint density at radius 1 is 1.13 bits per heavy atom. The van der Waals surface area contributed by atoms with Crippen LogP contribution in [0.3, 0.4) is 0 Å². The highest BCUT2D eigenvalue weighted by Gasteiger charge is 2.35. The van der Waals surface area contributed by atoms with E-state index in [2.05, 4.69) is 33.9 Å². The highest BCUT2D eigenvalue weighted by atomic mass is 79.9. The van der Waals surface area contributed by atoms with E-state index in [1.165, 1.54) is 6.08 Å². The smallest absolute Gasteiger partial charge is 0.270 e. The van der Waals surface area contributed by atoms with Crippen LogP contribution in [0.2, 0.25) is 10.0 Å². The number of carbonyl (C=O) groups is 2. The molecule has 4 rings (SSSR count). The molecule has 2 amide bonds. The van der Waals surface area contributed by atoms with Crippen LogP contribution in [0.25, 0.3) is 6.08 Å². The van der Waals surface area contributed by atoms with Crippen LogP contribution in [-0.4, -0.2) is 16.9 Å². The lowest BCUT2D eigenvalue weighted by Crippen LogP contribution is -2.54. The van der Waals surface area contributed by atoms with Crippen molar-refractivity contribution >= 4 is 80.0 Å². The van der Waals surface area contributed by atoms with Crippen LogP contribution < -0.4 is 15.0 Å². The largest absolute Gasteiger partial charge is 0.487 e. The fourth-order valence-electron chi connectivity index (χ4n) is 3.84. The predicted molar refractivity (Wildman–Crippen MR) is 156 cm³/mol. The molecule has 6 nitrogen and oxygen atoms in total. The van der Waals surface area contributed by atoms with Crippen molar-refractivity contribution in [3.8, 4) is 11.8 Å². The summed E-state index contributed by atoms with van der Waals surface area (Å²) in [6.07, 6.45) is 3.64. The molecule has 38 heavy (non-hydrogen) atoms. The van der Waals surface area contributed by atoms with Crippen molar-refractivity contribution < 1.29 is 14.3 Å². The van der Waals surface area contributed by atoms with E-state index >= 15 is 0 Å². The van der Waals surface area contributed by atoms with Crippen LogP contribution in [0.1, 0.15) is 22.3 Å². The van der Waals surface area contributed by atoms with Crippen LogP contribution in [0, 0.1) is 11.3 Å². The molecule has 0 atom stereocenters. The van der Waals surface area contributed by atoms with Gasteiger partial charge >= 0.3 is 0 Å². The number of carbonyl (C=O) groups excluding carboxylic acids is 2. The molecule has 0 unspecified atom stereocenters. The summed E-state index contributed by atoms with van der Waals surface area (Å²) in [4.78, 5) is 27.3. The second-order valence-corrected chi connectivity index (χ2v) is 10.1. The second kappa shape index (κ2) is 11.9. The second-order valence-electron chi connectivity index (χ2n) is 8.07. The maximum atomic E-state index is 13.4. The van der Waals surface area contributed by atoms with Gasteiger partial charge in [-0.3, -0.25) is 19.8 Å². The van der Waals surface area contributed by atoms with Gasteiger partial charge in [-0.25, -0.2) is 0 Å². The molecule has 190 valence electrons. The Morgan fingerprint density at radius 3 is 2.63 bits per heavy atom. The first kappa shape index (κ1) is 27.6. The quantitative estimate of drug-likeness (QED) is 0.136. The zero-order valence-electron chi connectivity index (χ0n) is 19.6. The first-order chi connectivity index (χ1) is 18.2. The van der Waals surface area contributed by atoms with Gasteiger partial charge in [0, 0.05) is 5.56 Å². The zero-order valence-corrected chi connectivity index (χ0v) is 23.5. The molecule has 1 aliphatic rings. The van der Waals surface area contributed by atoms with Gasteiger partial charge in [0.1, 0.15) is 17.9 Å². The Bertz CT molecular complexity index is 1570. The number of hydrogen-bond acceptors (Lipinski definition) is 5. The number of anilines is 1. The summed E-state index contributed by atoms with van der Waals surface area (Å²) in [6, 6.07) is 17.7. The summed E-state index contributed by atoms with van der Waals surface area (Å²) in [5, 5.41) is 12.2. The van der Waals surface area contributed by atoms with E-state index in [-0.39, 0.29) is 33.0 Å². The van der Waals surface area contributed by atoms with E-state index in [0.29, 0.717) is 27.8 Å². The Morgan fingerprint density at radius 2 is 1.89 bits per heavy atom. The molecule has 1 aliphatic heterocycles. The number of nitriles is 1. The van der Waals surface area contributed by atoms with Gasteiger partial charge in [-0.15, -0.1) is 6.58 Å². The summed E-state index contributed by atoms with van der Waals surface area (Å²) in [7, 11) is 0. The molecule has 1 fully saturated rings. The highest BCUT2D eigenvalue weighted by Crippen LogP contribution is 2.36. The third kappa shape index (κ3) is 5.66. The minimum Gasteiger partial charge on any atom is -0.487 e. The highest BCUT2D eigenvalue weighted by molar-refractivity contribution is 9.10. The minimum absolute atomic E-state index is 0.101. The first-order valence-electron chi connectivity index (χ1n) is 11.1. The van der Waals surface area contributed by atoms with E-state index in [4.69, 9.17) is 40.2 Å². The minimum atomic E-state index is -0.641. The molecular formula is C28H18BrCl2N3O3S. The van der Waals surface area contributed by atoms with Crippen molar-refractivity contribution in [1.82, 2.24) is 5.32 Å². The van der Waals surface area contributed by atoms with E-state index in [1.54, 1.807) is 48.5 Å². The first-order valence-corrected chi connectivity index (χ1v) is 13.1. The summed E-state index contributed by atoms with van der Waals surface area (Å²) < 4.78 is 6.69. The predicted octanol–water partition coefficient (Wildman–Crippen LogP) is 6.77. The molecule has 0 aliphatic carbocycles. The number of hydrogen-bond donors (Lipinski definition) is 1. The lowest BCUT2D eigenvalue weighted by atomic mass is 10.0. The molecule has 10 heteroatoms. The van der Waals surface area contributed by atoms with Crippen LogP contribution in [0.5, 0.6) is 5.75 Å². The van der Waals surface area contributed by atoms with Crippen molar-refractivity contribution in [1.29, 1.82) is 5.26 Å². The summed E-state index contributed by atoms with van der Waals surface area (Å²) in [5.74, 6) is -0.713. The normalized spacial score (nSPS) is 14.3. The zero-order chi connectivity index (χ0) is 27.4. The summed E-state index contributed by atoms with van der Waals surface area (Å²) >= 11 is 21.3. The molecule has 0 aromatic heterocycles. The van der Waals surface area contributed by atoms with Gasteiger partial charge < -0.3 is 4.74 Å². The number of ether oxygens (including phenoxy) is 1. The molecule has 1 saturated heterocycles. The lowest BCUT2D eigenvalue weighted by molar-refractivity contribution is -0.122. The molecule has 0 spiro atoms. The maximum Gasteiger partial charge on any atom is 0.270 e. The number of nitrogens with zero attached hydrogens (tertiary/aromatic N) is 2. The van der Waals surface area contributed by atoms with E-state index in [1.807, 2.05) is 12.1 Å². The SMILES string of the molecule is C=CCc1cc(/C=C2\C(=O)NC(=S)N(c3cccc(Cl)c3Cl)C2=O)cc(Br)c1OCc1ccccc1C#N. The third-order valence-electron chi connectivity index (χ3n) is 5.60. The number of rotatable bonds is 7. The molecule has 3 aromatic carbocycles. The maximum absolute atomic E-state index is 13.4. The van der Waals surface area contributed by atoms with Crippen molar-refractivity contribution in [2.45, 2.75) is 13.0 Å². The van der Waals surface area contributed by atoms with Gasteiger partial charge in [0.2, 0.25) is 0 Å². The third-order valence-corrected chi connectivity index (χ3v) is 7.28. The van der Waals surface area contributed by atoms with Crippen molar-refractivity contribution in [3.05, 3.63) is 110 Å². The molecular weight excluding hydrogens is 609 g/mol. The van der Waals surface area contributed by atoms with Crippen molar-refractivity contribution in [2.24, 2.45) is 0 Å². The van der Waals surface area contributed by atoms with Crippen molar-refractivity contribution in [3.63, 3.8) is 0 Å². The van der Waals surface area contributed by atoms with E-state index in [9.17, 15) is 14.9 Å². The van der Waals surface area contributed by atoms with Gasteiger partial charge in [0.05, 0.1) is 31.8 Å². The molecule has 1 heterocycles. The Balaban J connectivity index is 1.70. The van der Waals surface area contributed by atoms with Crippen LogP contribution in [-0.2, 0) is 22.6 Å². The molecule has 1 N–H and O–H groups in total. The number of halogens is 3. The molecule has 0 bridgehead atoms. The number of nitrogens with one attached hydrogen (secondary N) is 1. The molecule has 3 aromatic rings. The average Bonchev–Trinajstić information content (AvgIpc) is 2.89. The monoisotopic (exact) mass is 625 g/mol. The number of benzene rings is 3. The Kier molecular flexibility index (Phi) is 8.65. The summed E-state index contributed by atoms with van der Waals surface area (Å²) in [5.41, 5.74) is 2.74. The fourth-order valence-corrected chi connectivity index (χ4v) is 5.13. The number of allylic oxidation sites excluding steroid dienone is 1. The number of amides is 2. The fraction of sp³-hybridized carbons (Fsp3) is 0.0714. The topological polar surface area (TPSA) is 82.4 Å². The van der Waals surface area contributed by atoms with Crippen LogP contribution in [0.15, 0.2) is 77.3 Å². The van der Waals surface area contributed by atoms with Gasteiger partial charge in [-0.1, -0.05) is 53.5 Å². The van der Waals surface area contributed by atoms with Crippen molar-refractivity contribution in [2.75, 3.05) is 4.90 Å². The van der Waals surface area contributed by atoms with Gasteiger partial charge in [0.25, 0.3) is 11.8 Å².